The van der Waals surface area contributed by atoms with Crippen molar-refractivity contribution in [1.82, 2.24) is 19.8 Å². The van der Waals surface area contributed by atoms with Gasteiger partial charge >= 0.3 is 0 Å². The Kier molecular flexibility index (Phi) is 8.34. The van der Waals surface area contributed by atoms with Gasteiger partial charge in [0, 0.05) is 26.6 Å². The first-order chi connectivity index (χ1) is 17.5. The van der Waals surface area contributed by atoms with Crippen molar-refractivity contribution >= 4 is 22.8 Å². The minimum absolute atomic E-state index is 0.0219. The van der Waals surface area contributed by atoms with Crippen LogP contribution < -0.4 is 10.1 Å². The number of ether oxygens (including phenoxy) is 1. The van der Waals surface area contributed by atoms with Gasteiger partial charge in [0.05, 0.1) is 24.6 Å². The van der Waals surface area contributed by atoms with E-state index in [1.165, 1.54) is 0 Å². The molecule has 1 N–H and O–H groups in total. The topological polar surface area (TPSA) is 76.5 Å². The van der Waals surface area contributed by atoms with Gasteiger partial charge < -0.3 is 19.5 Å². The van der Waals surface area contributed by atoms with Gasteiger partial charge in [0.15, 0.2) is 0 Å². The van der Waals surface area contributed by atoms with Crippen LogP contribution in [0.4, 0.5) is 0 Å². The Bertz CT molecular complexity index is 1300. The van der Waals surface area contributed by atoms with Crippen LogP contribution in [0, 0.1) is 0 Å². The van der Waals surface area contributed by atoms with Crippen LogP contribution in [-0.2, 0) is 35.5 Å². The van der Waals surface area contributed by atoms with E-state index in [0.29, 0.717) is 25.9 Å². The van der Waals surface area contributed by atoms with Crippen molar-refractivity contribution in [3.63, 3.8) is 0 Å². The SMILES string of the molecule is COc1ccc(CC(=O)NCCCc2nc3ccccc3n2CC(=O)N(C)Cc2ccccc2)cc1. The fourth-order valence-electron chi connectivity index (χ4n) is 4.16. The summed E-state index contributed by atoms with van der Waals surface area (Å²) in [6.45, 7) is 1.32. The molecule has 0 radical (unpaired) electrons. The maximum Gasteiger partial charge on any atom is 0.242 e. The van der Waals surface area contributed by atoms with E-state index in [-0.39, 0.29) is 18.4 Å². The number of likely N-dealkylation sites (N-methyl/N-ethyl adjacent to an activating group) is 1. The fourth-order valence-corrected chi connectivity index (χ4v) is 4.16. The smallest absolute Gasteiger partial charge is 0.242 e. The highest BCUT2D eigenvalue weighted by atomic mass is 16.5. The summed E-state index contributed by atoms with van der Waals surface area (Å²) in [7, 11) is 3.45. The van der Waals surface area contributed by atoms with E-state index in [9.17, 15) is 9.59 Å². The van der Waals surface area contributed by atoms with Crippen LogP contribution in [0.2, 0.25) is 0 Å². The molecule has 0 aliphatic rings. The average molecular weight is 485 g/mol. The molecule has 1 heterocycles. The Labute approximate surface area is 211 Å². The third-order valence-corrected chi connectivity index (χ3v) is 6.14. The highest BCUT2D eigenvalue weighted by Crippen LogP contribution is 2.18. The minimum Gasteiger partial charge on any atom is -0.497 e. The van der Waals surface area contributed by atoms with Gasteiger partial charge in [-0.25, -0.2) is 4.98 Å². The molecule has 1 aromatic heterocycles. The summed E-state index contributed by atoms with van der Waals surface area (Å²) in [5.74, 6) is 1.62. The molecule has 0 unspecified atom stereocenters. The fraction of sp³-hybridized carbons (Fsp3) is 0.276. The normalized spacial score (nSPS) is 10.8. The standard InChI is InChI=1S/C29H32N4O3/c1-32(20-23-9-4-3-5-10-23)29(35)21-33-26-12-7-6-11-25(26)31-27(33)13-8-18-30-28(34)19-22-14-16-24(36-2)17-15-22/h3-7,9-12,14-17H,8,13,18-21H2,1-2H3,(H,30,34). The van der Waals surface area contributed by atoms with E-state index in [0.717, 1.165) is 40.2 Å². The number of aryl methyl sites for hydroxylation is 1. The predicted octanol–water partition coefficient (Wildman–Crippen LogP) is 4.00. The molecule has 0 aliphatic carbocycles. The molecule has 4 aromatic rings. The summed E-state index contributed by atoms with van der Waals surface area (Å²) in [4.78, 5) is 31.9. The number of hydrogen-bond acceptors (Lipinski definition) is 4. The molecule has 7 heteroatoms. The van der Waals surface area contributed by atoms with E-state index in [2.05, 4.69) is 5.32 Å². The maximum atomic E-state index is 13.1. The number of nitrogens with one attached hydrogen (secondary N) is 1. The van der Waals surface area contributed by atoms with Crippen molar-refractivity contribution in [2.75, 3.05) is 20.7 Å². The number of imidazole rings is 1. The Morgan fingerprint density at radius 2 is 1.67 bits per heavy atom. The molecule has 0 saturated heterocycles. The monoisotopic (exact) mass is 484 g/mol. The molecule has 0 aliphatic heterocycles. The molecule has 0 atom stereocenters. The number of benzene rings is 3. The average Bonchev–Trinajstić information content (AvgIpc) is 3.24. The molecule has 0 fully saturated rings. The second-order valence-corrected chi connectivity index (χ2v) is 8.82. The van der Waals surface area contributed by atoms with Gasteiger partial charge in [0.1, 0.15) is 18.1 Å². The van der Waals surface area contributed by atoms with E-state index >= 15 is 0 Å². The molecule has 186 valence electrons. The quantitative estimate of drug-likeness (QED) is 0.327. The van der Waals surface area contributed by atoms with E-state index in [1.807, 2.05) is 90.5 Å². The largest absolute Gasteiger partial charge is 0.497 e. The van der Waals surface area contributed by atoms with E-state index in [4.69, 9.17) is 9.72 Å². The molecular formula is C29H32N4O3. The molecule has 0 bridgehead atoms. The maximum absolute atomic E-state index is 13.1. The van der Waals surface area contributed by atoms with Crippen molar-refractivity contribution in [2.24, 2.45) is 0 Å². The number of para-hydroxylation sites is 2. The summed E-state index contributed by atoms with van der Waals surface area (Å²) in [5, 5.41) is 2.99. The summed E-state index contributed by atoms with van der Waals surface area (Å²) in [6.07, 6.45) is 1.71. The Hall–Kier alpha value is -4.13. The van der Waals surface area contributed by atoms with Crippen molar-refractivity contribution in [3.05, 3.63) is 95.8 Å². The van der Waals surface area contributed by atoms with Gasteiger partial charge in [0.25, 0.3) is 0 Å². The number of hydrogen-bond donors (Lipinski definition) is 1. The van der Waals surface area contributed by atoms with Gasteiger partial charge in [-0.3, -0.25) is 9.59 Å². The first-order valence-electron chi connectivity index (χ1n) is 12.1. The van der Waals surface area contributed by atoms with Gasteiger partial charge in [-0.05, 0) is 41.8 Å². The number of methoxy groups -OCH3 is 1. The van der Waals surface area contributed by atoms with Crippen LogP contribution in [0.1, 0.15) is 23.4 Å². The first-order valence-corrected chi connectivity index (χ1v) is 12.1. The molecule has 3 aromatic carbocycles. The summed E-state index contributed by atoms with van der Waals surface area (Å²) < 4.78 is 7.16. The van der Waals surface area contributed by atoms with Gasteiger partial charge in [-0.15, -0.1) is 0 Å². The zero-order valence-electron chi connectivity index (χ0n) is 20.8. The highest BCUT2D eigenvalue weighted by molar-refractivity contribution is 5.81. The zero-order valence-corrected chi connectivity index (χ0v) is 20.8. The first kappa shape index (κ1) is 25.0. The lowest BCUT2D eigenvalue weighted by Gasteiger charge is -2.19. The molecule has 0 saturated carbocycles. The summed E-state index contributed by atoms with van der Waals surface area (Å²) >= 11 is 0. The van der Waals surface area contributed by atoms with Gasteiger partial charge in [-0.1, -0.05) is 54.6 Å². The number of aromatic nitrogens is 2. The lowest BCUT2D eigenvalue weighted by Crippen LogP contribution is -2.30. The van der Waals surface area contributed by atoms with Crippen LogP contribution in [0.5, 0.6) is 5.75 Å². The highest BCUT2D eigenvalue weighted by Gasteiger charge is 2.16. The minimum atomic E-state index is -0.0219. The van der Waals surface area contributed by atoms with Crippen LogP contribution in [0.3, 0.4) is 0 Å². The molecule has 0 spiro atoms. The van der Waals surface area contributed by atoms with Crippen LogP contribution in [0.25, 0.3) is 11.0 Å². The Balaban J connectivity index is 1.34. The van der Waals surface area contributed by atoms with Crippen LogP contribution in [-0.4, -0.2) is 47.0 Å². The summed E-state index contributed by atoms with van der Waals surface area (Å²) in [6, 6.07) is 25.3. The number of fused-ring (bicyclic) bond motifs is 1. The van der Waals surface area contributed by atoms with E-state index in [1.54, 1.807) is 12.0 Å². The summed E-state index contributed by atoms with van der Waals surface area (Å²) in [5.41, 5.74) is 3.84. The third kappa shape index (κ3) is 6.50. The Morgan fingerprint density at radius 1 is 0.944 bits per heavy atom. The van der Waals surface area contributed by atoms with Crippen LogP contribution in [0.15, 0.2) is 78.9 Å². The lowest BCUT2D eigenvalue weighted by atomic mass is 10.1. The third-order valence-electron chi connectivity index (χ3n) is 6.14. The lowest BCUT2D eigenvalue weighted by molar-refractivity contribution is -0.131. The molecule has 4 rings (SSSR count). The van der Waals surface area contributed by atoms with Crippen LogP contribution >= 0.6 is 0 Å². The molecular weight excluding hydrogens is 452 g/mol. The molecule has 36 heavy (non-hydrogen) atoms. The Morgan fingerprint density at radius 3 is 2.42 bits per heavy atom. The van der Waals surface area contributed by atoms with Gasteiger partial charge in [-0.2, -0.15) is 0 Å². The molecule has 2 amide bonds. The van der Waals surface area contributed by atoms with Gasteiger partial charge in [0.2, 0.25) is 11.8 Å². The number of nitrogens with zero attached hydrogens (tertiary/aromatic N) is 3. The van der Waals surface area contributed by atoms with Crippen molar-refractivity contribution in [2.45, 2.75) is 32.4 Å². The van der Waals surface area contributed by atoms with E-state index < -0.39 is 0 Å². The number of rotatable bonds is 11. The second-order valence-electron chi connectivity index (χ2n) is 8.82. The number of amides is 2. The van der Waals surface area contributed by atoms with Crippen molar-refractivity contribution < 1.29 is 14.3 Å². The molecule has 7 nitrogen and oxygen atoms in total. The van der Waals surface area contributed by atoms with Crippen molar-refractivity contribution in [3.8, 4) is 5.75 Å². The predicted molar refractivity (Wildman–Crippen MR) is 141 cm³/mol. The van der Waals surface area contributed by atoms with Crippen molar-refractivity contribution in [1.29, 1.82) is 0 Å². The number of carbonyl (C=O) groups is 2. The number of carbonyl (C=O) groups excluding carboxylic acids is 2. The zero-order chi connectivity index (χ0) is 25.3. The second kappa shape index (κ2) is 12.0.